The molecular weight excluding hydrogens is 1620 g/mol. The Kier molecular flexibility index (Phi) is 18.6. The van der Waals surface area contributed by atoms with Crippen LogP contribution in [0, 0.1) is 45.3 Å². The zero-order valence-electron chi connectivity index (χ0n) is 81.8. The zero-order chi connectivity index (χ0) is 91.6. The molecule has 4 fully saturated rings. The average Bonchev–Trinajstić information content (AvgIpc) is 1.50. The number of anilines is 8. The van der Waals surface area contributed by atoms with Crippen molar-refractivity contribution in [1.82, 2.24) is 0 Å². The lowest BCUT2D eigenvalue weighted by Gasteiger charge is -2.49. The summed E-state index contributed by atoms with van der Waals surface area (Å²) in [6, 6.07) is 121. The number of para-hydroxylation sites is 4. The molecule has 4 heterocycles. The van der Waals surface area contributed by atoms with E-state index in [1.807, 2.05) is 0 Å². The molecule has 17 aromatic rings. The van der Waals surface area contributed by atoms with Gasteiger partial charge in [0.2, 0.25) is 0 Å². The fourth-order valence-corrected chi connectivity index (χ4v) is 29.6. The van der Waals surface area contributed by atoms with E-state index in [1.54, 1.807) is 0 Å². The van der Waals surface area contributed by atoms with Crippen LogP contribution in [0.4, 0.5) is 45.5 Å². The summed E-state index contributed by atoms with van der Waals surface area (Å²) in [5.74, 6) is 3.75. The minimum atomic E-state index is -0.0914. The summed E-state index contributed by atoms with van der Waals surface area (Å²) in [6.07, 6.45) is 14.0. The van der Waals surface area contributed by atoms with Crippen LogP contribution in [0.3, 0.4) is 0 Å². The van der Waals surface area contributed by atoms with Crippen LogP contribution in [-0.2, 0) is 0 Å². The second kappa shape index (κ2) is 29.8. The average molecular weight is 1750 g/mol. The van der Waals surface area contributed by atoms with Gasteiger partial charge in [-0.25, -0.2) is 0 Å². The van der Waals surface area contributed by atoms with Crippen molar-refractivity contribution in [3.63, 3.8) is 0 Å². The van der Waals surface area contributed by atoms with Gasteiger partial charge in [-0.05, 0) is 401 Å². The van der Waals surface area contributed by atoms with E-state index in [4.69, 9.17) is 0 Å². The number of fused-ring (bicyclic) bond motifs is 18. The molecule has 12 atom stereocenters. The molecular formula is C130H130N4. The Labute approximate surface area is 795 Å². The smallest absolute Gasteiger partial charge is 0.0492 e. The number of hydrogen-bond acceptors (Lipinski definition) is 4. The Morgan fingerprint density at radius 2 is 0.425 bits per heavy atom. The monoisotopic (exact) mass is 1750 g/mol. The van der Waals surface area contributed by atoms with E-state index in [9.17, 15) is 0 Å². The Bertz CT molecular complexity index is 6700. The fraction of sp³-hybridized carbons (Fsp3) is 0.338. The molecule has 0 N–H and O–H groups in total. The highest BCUT2D eigenvalue weighted by Gasteiger charge is 2.58. The highest BCUT2D eigenvalue weighted by atomic mass is 15.3. The highest BCUT2D eigenvalue weighted by molar-refractivity contribution is 6.48. The number of hydrogen-bond donors (Lipinski definition) is 0. The van der Waals surface area contributed by atoms with Crippen LogP contribution in [0.5, 0.6) is 0 Å². The summed E-state index contributed by atoms with van der Waals surface area (Å²) >= 11 is 0. The van der Waals surface area contributed by atoms with Crippen molar-refractivity contribution < 1.29 is 0 Å². The van der Waals surface area contributed by atoms with E-state index in [1.165, 1.54) is 225 Å². The third-order valence-electron chi connectivity index (χ3n) is 36.9. The van der Waals surface area contributed by atoms with Crippen molar-refractivity contribution in [2.24, 2.45) is 45.3 Å². The van der Waals surface area contributed by atoms with Gasteiger partial charge in [0.25, 0.3) is 0 Å². The van der Waals surface area contributed by atoms with Crippen LogP contribution in [0.25, 0.3) is 131 Å². The van der Waals surface area contributed by atoms with Gasteiger partial charge in [-0.3, -0.25) is 0 Å². The quantitative estimate of drug-likeness (QED) is 0.135. The molecule has 17 aromatic carbocycles. The summed E-state index contributed by atoms with van der Waals surface area (Å²) in [5.41, 5.74) is 32.4. The van der Waals surface area contributed by atoms with Crippen LogP contribution in [0.1, 0.15) is 234 Å². The van der Waals surface area contributed by atoms with Gasteiger partial charge in [0.1, 0.15) is 0 Å². The maximum atomic E-state index is 2.77. The van der Waals surface area contributed by atoms with E-state index >= 15 is 0 Å². The Morgan fingerprint density at radius 1 is 0.216 bits per heavy atom. The van der Waals surface area contributed by atoms with E-state index in [2.05, 4.69) is 434 Å². The lowest BCUT2D eigenvalue weighted by molar-refractivity contribution is 0.127. The second-order valence-electron chi connectivity index (χ2n) is 47.9. The molecule has 4 heteroatoms. The Balaban J connectivity index is 0.783. The molecule has 12 unspecified atom stereocenters. The first-order chi connectivity index (χ1) is 64.5. The minimum absolute atomic E-state index is 0.0914. The molecule has 4 aliphatic carbocycles. The van der Waals surface area contributed by atoms with Gasteiger partial charge in [0.05, 0.1) is 0 Å². The largest absolute Gasteiger partial charge is 0.335 e. The van der Waals surface area contributed by atoms with Crippen LogP contribution in [0.2, 0.25) is 0 Å². The first-order valence-electron chi connectivity index (χ1n) is 51.0. The summed E-state index contributed by atoms with van der Waals surface area (Å²) in [6.45, 7) is 40.4. The predicted octanol–water partition coefficient (Wildman–Crippen LogP) is 36.8. The van der Waals surface area contributed by atoms with Crippen molar-refractivity contribution in [3.8, 4) is 66.8 Å². The fourth-order valence-electron chi connectivity index (χ4n) is 29.6. The lowest BCUT2D eigenvalue weighted by Crippen LogP contribution is -2.48. The number of benzene rings is 15. The second-order valence-corrected chi connectivity index (χ2v) is 47.9. The van der Waals surface area contributed by atoms with E-state index in [-0.39, 0.29) is 43.8 Å². The molecule has 4 saturated carbocycles. The van der Waals surface area contributed by atoms with Crippen molar-refractivity contribution in [2.75, 3.05) is 19.6 Å². The van der Waals surface area contributed by atoms with Gasteiger partial charge in [-0.15, -0.1) is 0 Å². The molecule has 0 aromatic heterocycles. The molecule has 134 heavy (non-hydrogen) atoms. The van der Waals surface area contributed by atoms with E-state index < -0.39 is 0 Å². The van der Waals surface area contributed by atoms with Crippen LogP contribution in [0.15, 0.2) is 303 Å². The normalized spacial score (nSPS) is 25.0. The van der Waals surface area contributed by atoms with Crippen molar-refractivity contribution in [3.05, 3.63) is 326 Å². The molecule has 25 rings (SSSR count). The van der Waals surface area contributed by atoms with Gasteiger partial charge in [0.15, 0.2) is 0 Å². The lowest BCUT2D eigenvalue weighted by atomic mass is 9.62. The van der Waals surface area contributed by atoms with Gasteiger partial charge < -0.3 is 19.6 Å². The van der Waals surface area contributed by atoms with E-state index in [0.29, 0.717) is 47.3 Å². The molecule has 0 saturated heterocycles. The van der Waals surface area contributed by atoms with Crippen LogP contribution >= 0.6 is 0 Å². The summed E-state index contributed by atoms with van der Waals surface area (Å²) in [7, 11) is 0. The zero-order valence-corrected chi connectivity index (χ0v) is 81.8. The number of rotatable bonds is 10. The molecule has 4 nitrogen and oxygen atoms in total. The summed E-state index contributed by atoms with van der Waals surface area (Å²) < 4.78 is 0. The molecule has 0 radical (unpaired) electrons. The van der Waals surface area contributed by atoms with E-state index in [0.717, 1.165) is 51.4 Å². The summed E-state index contributed by atoms with van der Waals surface area (Å²) in [4.78, 5) is 11.1. The topological polar surface area (TPSA) is 13.0 Å². The third kappa shape index (κ3) is 12.3. The Morgan fingerprint density at radius 3 is 0.634 bits per heavy atom. The first-order valence-corrected chi connectivity index (χ1v) is 51.0. The summed E-state index contributed by atoms with van der Waals surface area (Å²) in [5, 5.41) is 15.9. The minimum Gasteiger partial charge on any atom is -0.335 e. The van der Waals surface area contributed by atoms with Gasteiger partial charge in [-0.1, -0.05) is 289 Å². The maximum Gasteiger partial charge on any atom is 0.0492 e. The van der Waals surface area contributed by atoms with Gasteiger partial charge in [-0.2, -0.15) is 0 Å². The highest BCUT2D eigenvalue weighted by Crippen LogP contribution is 2.69. The van der Waals surface area contributed by atoms with Crippen molar-refractivity contribution in [1.29, 1.82) is 0 Å². The molecule has 4 aliphatic heterocycles. The van der Waals surface area contributed by atoms with Gasteiger partial charge >= 0.3 is 0 Å². The molecule has 0 spiro atoms. The van der Waals surface area contributed by atoms with Crippen LogP contribution in [-0.4, -0.2) is 22.2 Å². The molecule has 670 valence electrons. The van der Waals surface area contributed by atoms with Gasteiger partial charge in [0, 0.05) is 91.3 Å². The molecule has 0 bridgehead atoms. The SMILES string of the molecule is CC(C)(C)C1CCC2(C)C(C1)c1cc(-c3ccc4c5c(-c6ccccc6)c6c7ccc(-c8ccc9c(c8)C8CC(C(C)(C)C)CCC8(C)N9c8ccccc8)c8c(-c9ccc%10c(c9)C9CC(C(C)(C)C)CCC9(C)N%10c9ccccc9)ccc(c6c(-c6ccccc6)c5c5ccc(-c6ccc9c(c6)C6CC(C(C)(C)C)CCC6(C)N9c6ccccc6)c3c45)c87)ccc1N2c1ccccc1. The van der Waals surface area contributed by atoms with Crippen molar-refractivity contribution >= 4 is 110 Å². The first kappa shape index (κ1) is 83.8. The predicted molar refractivity (Wildman–Crippen MR) is 573 cm³/mol. The number of nitrogens with zero attached hydrogens (tertiary/aromatic N) is 4. The third-order valence-corrected chi connectivity index (χ3v) is 36.9. The molecule has 0 amide bonds. The Hall–Kier alpha value is -12.0. The standard InChI is InChI=1S/C130H130N4/c1-123(2,3)85-63-67-127(13)105(75-85)101-71-81(47-59-109(101)131(127)89-39-27-19-28-40-89)93-51-55-97-117-98(56-52-94(115(93)117)82-48-60-110-102(72-82)106-76-86(124(4,5)6)64-68-128(106,14)132(110)90-41-29-20-30-42-90)120-114(80-37-25-18-26-38-80)122-100-58-54-96(84-50-62-112-104(74-84)108-78-88(126(10,11)12)66-70-130(108,16)134(112)92-45-33-22-34-46-92)116-95(53-57-99(118(100)116)121(122)113(119(97)120)79-35-23-17-24-36-79)83-49-61-111-103(73-83)107-77-87(125(7,8)9)65-69-129(107,15)133(111)91-43-31-21-32-44-91/h17-62,71-74,85-88,105-108H,63-70,75-78H2,1-16H3. The van der Waals surface area contributed by atoms with Crippen LogP contribution < -0.4 is 19.6 Å². The van der Waals surface area contributed by atoms with Crippen molar-refractivity contribution in [2.45, 2.75) is 234 Å². The molecule has 8 aliphatic rings. The maximum absolute atomic E-state index is 2.77.